The van der Waals surface area contributed by atoms with Crippen LogP contribution in [0.2, 0.25) is 0 Å². The molecule has 1 saturated heterocycles. The first kappa shape index (κ1) is 22.6. The van der Waals surface area contributed by atoms with Gasteiger partial charge in [-0.2, -0.15) is 0 Å². The Morgan fingerprint density at radius 1 is 1.06 bits per heavy atom. The predicted octanol–water partition coefficient (Wildman–Crippen LogP) is 3.11. The van der Waals surface area contributed by atoms with Crippen molar-refractivity contribution in [3.63, 3.8) is 0 Å². The summed E-state index contributed by atoms with van der Waals surface area (Å²) in [6.07, 6.45) is 6.93. The highest BCUT2D eigenvalue weighted by Crippen LogP contribution is 2.60. The van der Waals surface area contributed by atoms with Gasteiger partial charge >= 0.3 is 5.97 Å². The molecule has 7 rings (SSSR count). The van der Waals surface area contributed by atoms with Gasteiger partial charge in [-0.25, -0.2) is 4.79 Å². The monoisotopic (exact) mass is 479 g/mol. The number of rotatable bonds is 4. The van der Waals surface area contributed by atoms with Crippen molar-refractivity contribution in [3.05, 3.63) is 24.3 Å². The lowest BCUT2D eigenvalue weighted by Gasteiger charge is -2.56. The standard InChI is InChI=1S/C27H33N3O5/c1-16(24(32)30-15-23(31)28-20-5-2-3-6-21(20)30)35-25(33)22-7-4-8-29(22)26(34)27-12-17-9-18(13-27)11-19(10-17)14-27/h2-3,5-6,16-19,22H,4,7-15H2,1H3,(H,28,31)/t16-,17?,18?,19?,22-,27?/m1/s1. The Kier molecular flexibility index (Phi) is 5.38. The molecule has 2 aliphatic heterocycles. The van der Waals surface area contributed by atoms with Crippen LogP contribution in [-0.2, 0) is 23.9 Å². The highest BCUT2D eigenvalue weighted by Gasteiger charge is 2.57. The van der Waals surface area contributed by atoms with Gasteiger partial charge < -0.3 is 15.0 Å². The summed E-state index contributed by atoms with van der Waals surface area (Å²) in [5.74, 6) is 0.838. The number of anilines is 2. The summed E-state index contributed by atoms with van der Waals surface area (Å²) in [6.45, 7) is 1.98. The second kappa shape index (κ2) is 8.35. The first-order valence-corrected chi connectivity index (χ1v) is 13.0. The van der Waals surface area contributed by atoms with Crippen LogP contribution in [0.1, 0.15) is 58.3 Å². The summed E-state index contributed by atoms with van der Waals surface area (Å²) >= 11 is 0. The van der Waals surface area contributed by atoms with E-state index in [1.807, 2.05) is 0 Å². The van der Waals surface area contributed by atoms with Crippen molar-refractivity contribution in [1.29, 1.82) is 0 Å². The average molecular weight is 480 g/mol. The molecule has 0 unspecified atom stereocenters. The molecule has 8 heteroatoms. The smallest absolute Gasteiger partial charge is 0.329 e. The first-order valence-electron chi connectivity index (χ1n) is 13.0. The maximum atomic E-state index is 13.9. The van der Waals surface area contributed by atoms with Crippen LogP contribution in [0.4, 0.5) is 11.4 Å². The van der Waals surface area contributed by atoms with Gasteiger partial charge in [0.2, 0.25) is 11.8 Å². The number of ether oxygens (including phenoxy) is 1. The molecular weight excluding hydrogens is 446 g/mol. The van der Waals surface area contributed by atoms with Crippen LogP contribution in [0, 0.1) is 23.2 Å². The summed E-state index contributed by atoms with van der Waals surface area (Å²) in [7, 11) is 0. The number of nitrogens with one attached hydrogen (secondary N) is 1. The van der Waals surface area contributed by atoms with Crippen LogP contribution in [0.3, 0.4) is 0 Å². The van der Waals surface area contributed by atoms with Gasteiger partial charge in [-0.15, -0.1) is 0 Å². The topological polar surface area (TPSA) is 96.0 Å². The fourth-order valence-electron chi connectivity index (χ4n) is 7.88. The van der Waals surface area contributed by atoms with Gasteiger partial charge in [0.15, 0.2) is 6.10 Å². The van der Waals surface area contributed by atoms with Crippen molar-refractivity contribution >= 4 is 35.1 Å². The molecule has 3 amide bonds. The summed E-state index contributed by atoms with van der Waals surface area (Å²) < 4.78 is 5.64. The number of likely N-dealkylation sites (tertiary alicyclic amines) is 1. The highest BCUT2D eigenvalue weighted by atomic mass is 16.5. The van der Waals surface area contributed by atoms with Crippen molar-refractivity contribution in [2.45, 2.75) is 70.4 Å². The quantitative estimate of drug-likeness (QED) is 0.670. The van der Waals surface area contributed by atoms with E-state index in [2.05, 4.69) is 5.32 Å². The molecule has 4 bridgehead atoms. The third kappa shape index (κ3) is 3.81. The summed E-state index contributed by atoms with van der Waals surface area (Å²) in [5.41, 5.74) is 0.836. The highest BCUT2D eigenvalue weighted by molar-refractivity contribution is 6.11. The molecule has 1 aromatic rings. The number of hydrogen-bond donors (Lipinski definition) is 1. The van der Waals surface area contributed by atoms with E-state index in [4.69, 9.17) is 4.74 Å². The van der Waals surface area contributed by atoms with Gasteiger partial charge in [-0.3, -0.25) is 19.3 Å². The molecule has 5 fully saturated rings. The fraction of sp³-hybridized carbons (Fsp3) is 0.630. The van der Waals surface area contributed by atoms with Crippen molar-refractivity contribution < 1.29 is 23.9 Å². The molecule has 4 aliphatic carbocycles. The van der Waals surface area contributed by atoms with E-state index in [1.54, 1.807) is 29.2 Å². The van der Waals surface area contributed by atoms with Crippen LogP contribution in [0.5, 0.6) is 0 Å². The lowest BCUT2D eigenvalue weighted by atomic mass is 9.49. The maximum absolute atomic E-state index is 13.9. The minimum absolute atomic E-state index is 0.127. The van der Waals surface area contributed by atoms with Gasteiger partial charge in [-0.05, 0) is 88.2 Å². The molecule has 1 aromatic carbocycles. The number of para-hydroxylation sites is 2. The molecule has 35 heavy (non-hydrogen) atoms. The van der Waals surface area contributed by atoms with Gasteiger partial charge in [0.25, 0.3) is 5.91 Å². The minimum atomic E-state index is -1.06. The van der Waals surface area contributed by atoms with Gasteiger partial charge in [0.1, 0.15) is 12.6 Å². The van der Waals surface area contributed by atoms with Crippen molar-refractivity contribution in [3.8, 4) is 0 Å². The summed E-state index contributed by atoms with van der Waals surface area (Å²) in [4.78, 5) is 55.5. The Balaban J connectivity index is 1.15. The molecule has 0 spiro atoms. The Morgan fingerprint density at radius 2 is 1.71 bits per heavy atom. The third-order valence-corrected chi connectivity index (χ3v) is 8.96. The van der Waals surface area contributed by atoms with E-state index in [9.17, 15) is 19.2 Å². The number of nitrogens with zero attached hydrogens (tertiary/aromatic N) is 2. The molecule has 6 aliphatic rings. The van der Waals surface area contributed by atoms with E-state index in [-0.39, 0.29) is 23.8 Å². The number of esters is 1. The zero-order valence-corrected chi connectivity index (χ0v) is 20.2. The number of fused-ring (bicyclic) bond motifs is 1. The van der Waals surface area contributed by atoms with Crippen molar-refractivity contribution in [2.24, 2.45) is 23.2 Å². The molecule has 1 N–H and O–H groups in total. The van der Waals surface area contributed by atoms with Gasteiger partial charge in [-0.1, -0.05) is 12.1 Å². The normalized spacial score (nSPS) is 33.8. The first-order chi connectivity index (χ1) is 16.8. The third-order valence-electron chi connectivity index (χ3n) is 8.96. The molecule has 0 aromatic heterocycles. The van der Waals surface area contributed by atoms with E-state index in [0.717, 1.165) is 25.7 Å². The fourth-order valence-corrected chi connectivity index (χ4v) is 7.88. The van der Waals surface area contributed by atoms with Gasteiger partial charge in [0.05, 0.1) is 16.8 Å². The molecule has 2 atom stereocenters. The van der Waals surface area contributed by atoms with Gasteiger partial charge in [0, 0.05) is 6.54 Å². The second-order valence-corrected chi connectivity index (χ2v) is 11.4. The lowest BCUT2D eigenvalue weighted by molar-refractivity contribution is -0.168. The zero-order chi connectivity index (χ0) is 24.3. The van der Waals surface area contributed by atoms with E-state index in [1.165, 1.54) is 31.1 Å². The Labute approximate surface area is 205 Å². The maximum Gasteiger partial charge on any atom is 0.329 e. The number of benzene rings is 1. The van der Waals surface area contributed by atoms with Crippen LogP contribution in [0.25, 0.3) is 0 Å². The Morgan fingerprint density at radius 3 is 2.40 bits per heavy atom. The molecule has 0 radical (unpaired) electrons. The second-order valence-electron chi connectivity index (χ2n) is 11.4. The molecule has 2 heterocycles. The largest absolute Gasteiger partial charge is 0.451 e. The number of carbonyl (C=O) groups is 4. The number of carbonyl (C=O) groups excluding carboxylic acids is 4. The molecule has 186 valence electrons. The zero-order valence-electron chi connectivity index (χ0n) is 20.2. The molecule has 4 saturated carbocycles. The van der Waals surface area contributed by atoms with Crippen LogP contribution in [-0.4, -0.2) is 53.8 Å². The minimum Gasteiger partial charge on any atom is -0.451 e. The predicted molar refractivity (Wildman–Crippen MR) is 128 cm³/mol. The van der Waals surface area contributed by atoms with Crippen molar-refractivity contribution in [1.82, 2.24) is 4.90 Å². The molecule has 8 nitrogen and oxygen atoms in total. The van der Waals surface area contributed by atoms with Crippen LogP contribution >= 0.6 is 0 Å². The van der Waals surface area contributed by atoms with E-state index < -0.39 is 24.0 Å². The van der Waals surface area contributed by atoms with Crippen molar-refractivity contribution in [2.75, 3.05) is 23.3 Å². The molecular formula is C27H33N3O5. The summed E-state index contributed by atoms with van der Waals surface area (Å²) in [6, 6.07) is 6.42. The van der Waals surface area contributed by atoms with E-state index >= 15 is 0 Å². The average Bonchev–Trinajstić information content (AvgIpc) is 3.31. The number of amides is 3. The van der Waals surface area contributed by atoms with Crippen LogP contribution in [0.15, 0.2) is 24.3 Å². The Bertz CT molecular complexity index is 1050. The number of hydrogen-bond acceptors (Lipinski definition) is 5. The SMILES string of the molecule is C[C@@H](OC(=O)[C@H]1CCCN1C(=O)C12CC3CC(CC(C3)C1)C2)C(=O)N1CC(=O)Nc2ccccc21. The van der Waals surface area contributed by atoms with E-state index in [0.29, 0.717) is 42.1 Å². The van der Waals surface area contributed by atoms with Crippen LogP contribution < -0.4 is 10.2 Å². The summed E-state index contributed by atoms with van der Waals surface area (Å²) in [5, 5.41) is 2.76. The Hall–Kier alpha value is -2.90. The lowest BCUT2D eigenvalue weighted by Crippen LogP contribution is -2.56.